The molecule has 2 aromatic rings. The molecule has 0 N–H and O–H groups in total. The molecule has 1 aromatic carbocycles. The highest BCUT2D eigenvalue weighted by Gasteiger charge is 2.27. The van der Waals surface area contributed by atoms with Crippen molar-refractivity contribution in [1.29, 1.82) is 0 Å². The van der Waals surface area contributed by atoms with Gasteiger partial charge < -0.3 is 0 Å². The highest BCUT2D eigenvalue weighted by atomic mass is 32.2. The van der Waals surface area contributed by atoms with Gasteiger partial charge in [0.2, 0.25) is 0 Å². The van der Waals surface area contributed by atoms with Crippen LogP contribution in [0, 0.1) is 0 Å². The Kier molecular flexibility index (Phi) is 7.00. The molecule has 1 aromatic heterocycles. The van der Waals surface area contributed by atoms with E-state index in [-0.39, 0.29) is 0 Å². The molecule has 2 rings (SSSR count). The van der Waals surface area contributed by atoms with Crippen LogP contribution in [0.15, 0.2) is 36.5 Å². The van der Waals surface area contributed by atoms with Gasteiger partial charge in [0.1, 0.15) is 0 Å². The molecule has 1 heterocycles. The third-order valence-corrected chi connectivity index (χ3v) is 7.46. The lowest BCUT2D eigenvalue weighted by Crippen LogP contribution is -2.30. The zero-order valence-electron chi connectivity index (χ0n) is 15.8. The van der Waals surface area contributed by atoms with Crippen molar-refractivity contribution in [1.82, 2.24) is 4.98 Å². The summed E-state index contributed by atoms with van der Waals surface area (Å²) < 4.78 is 23.5. The van der Waals surface area contributed by atoms with Crippen molar-refractivity contribution in [3.05, 3.63) is 42.2 Å². The second kappa shape index (κ2) is 8.79. The van der Waals surface area contributed by atoms with Gasteiger partial charge in [-0.05, 0) is 51.5 Å². The quantitative estimate of drug-likeness (QED) is 0.567. The fraction of sp³-hybridized carbons (Fsp3) is 0.571. The molecular weight excluding hydrogens is 330 g/mol. The molecule has 0 atom stereocenters. The maximum atomic E-state index is 12.0. The Labute approximate surface area is 152 Å². The molecular formula is C21H31NO2S. The molecule has 0 spiro atoms. The van der Waals surface area contributed by atoms with Crippen LogP contribution in [0.3, 0.4) is 0 Å². The normalized spacial score (nSPS) is 12.6. The summed E-state index contributed by atoms with van der Waals surface area (Å²) in [5, 5.41) is 2.52. The summed E-state index contributed by atoms with van der Waals surface area (Å²) in [6.45, 7) is 5.34. The number of fused-ring (bicyclic) bond motifs is 1. The Balaban J connectivity index is 1.64. The molecule has 0 saturated heterocycles. The molecule has 0 bridgehead atoms. The predicted octanol–water partition coefficient (Wildman–Crippen LogP) is 5.33. The molecule has 0 radical (unpaired) electrons. The maximum absolute atomic E-state index is 12.0. The first-order chi connectivity index (χ1) is 11.8. The van der Waals surface area contributed by atoms with Gasteiger partial charge in [-0.15, -0.1) is 0 Å². The van der Waals surface area contributed by atoms with E-state index in [2.05, 4.69) is 35.3 Å². The minimum absolute atomic E-state index is 0.316. The zero-order chi connectivity index (χ0) is 18.3. The first-order valence-corrected chi connectivity index (χ1v) is 11.0. The number of hydrogen-bond donors (Lipinski definition) is 0. The minimum Gasteiger partial charge on any atom is -0.261 e. The fourth-order valence-corrected chi connectivity index (χ4v) is 4.18. The highest BCUT2D eigenvalue weighted by molar-refractivity contribution is 7.92. The van der Waals surface area contributed by atoms with Crippen molar-refractivity contribution in [2.45, 2.75) is 70.5 Å². The Morgan fingerprint density at radius 2 is 1.52 bits per heavy atom. The molecule has 0 amide bonds. The van der Waals surface area contributed by atoms with Gasteiger partial charge in [0, 0.05) is 17.3 Å². The van der Waals surface area contributed by atoms with E-state index in [9.17, 15) is 8.42 Å². The van der Waals surface area contributed by atoms with E-state index in [4.69, 9.17) is 0 Å². The molecule has 138 valence electrons. The van der Waals surface area contributed by atoms with Gasteiger partial charge in [-0.25, -0.2) is 8.42 Å². The molecule has 0 aliphatic rings. The SMILES string of the molecule is CC(C)(C)S(=O)(=O)CCCCCCCCc1nccc2ccccc12. The van der Waals surface area contributed by atoms with Crippen LogP contribution in [-0.4, -0.2) is 23.9 Å². The summed E-state index contributed by atoms with van der Waals surface area (Å²) in [6.07, 6.45) is 9.29. The average molecular weight is 362 g/mol. The highest BCUT2D eigenvalue weighted by Crippen LogP contribution is 2.20. The van der Waals surface area contributed by atoms with Crippen LogP contribution in [0.5, 0.6) is 0 Å². The largest absolute Gasteiger partial charge is 0.261 e. The molecule has 25 heavy (non-hydrogen) atoms. The van der Waals surface area contributed by atoms with E-state index in [0.29, 0.717) is 5.75 Å². The minimum atomic E-state index is -2.96. The van der Waals surface area contributed by atoms with Gasteiger partial charge in [-0.1, -0.05) is 49.9 Å². The molecule has 3 nitrogen and oxygen atoms in total. The molecule has 4 heteroatoms. The average Bonchev–Trinajstić information content (AvgIpc) is 2.56. The Hall–Kier alpha value is -1.42. The van der Waals surface area contributed by atoms with Crippen LogP contribution in [0.25, 0.3) is 10.8 Å². The van der Waals surface area contributed by atoms with Crippen molar-refractivity contribution >= 4 is 20.6 Å². The molecule has 0 unspecified atom stereocenters. The topological polar surface area (TPSA) is 47.0 Å². The number of rotatable bonds is 9. The zero-order valence-corrected chi connectivity index (χ0v) is 16.6. The molecule has 0 fully saturated rings. The van der Waals surface area contributed by atoms with E-state index in [1.54, 1.807) is 20.8 Å². The first-order valence-electron chi connectivity index (χ1n) is 9.36. The summed E-state index contributed by atoms with van der Waals surface area (Å²) in [5.74, 6) is 0.316. The smallest absolute Gasteiger partial charge is 0.155 e. The van der Waals surface area contributed by atoms with Crippen LogP contribution in [0.2, 0.25) is 0 Å². The Morgan fingerprint density at radius 1 is 0.880 bits per heavy atom. The summed E-state index contributed by atoms with van der Waals surface area (Å²) >= 11 is 0. The third kappa shape index (κ3) is 5.81. The van der Waals surface area contributed by atoms with Crippen LogP contribution in [0.4, 0.5) is 0 Å². The van der Waals surface area contributed by atoms with E-state index in [0.717, 1.165) is 32.1 Å². The van der Waals surface area contributed by atoms with Gasteiger partial charge in [0.15, 0.2) is 9.84 Å². The number of benzene rings is 1. The van der Waals surface area contributed by atoms with E-state index < -0.39 is 14.6 Å². The predicted molar refractivity (Wildman–Crippen MR) is 107 cm³/mol. The van der Waals surface area contributed by atoms with Crippen LogP contribution < -0.4 is 0 Å². The number of sulfone groups is 1. The summed E-state index contributed by atoms with van der Waals surface area (Å²) in [5.41, 5.74) is 1.19. The monoisotopic (exact) mass is 361 g/mol. The van der Waals surface area contributed by atoms with Crippen LogP contribution in [-0.2, 0) is 16.3 Å². The lowest BCUT2D eigenvalue weighted by Gasteiger charge is -2.18. The van der Waals surface area contributed by atoms with Gasteiger partial charge in [0.05, 0.1) is 10.5 Å². The number of unbranched alkanes of at least 4 members (excludes halogenated alkanes) is 5. The first kappa shape index (κ1) is 19.9. The van der Waals surface area contributed by atoms with E-state index >= 15 is 0 Å². The van der Waals surface area contributed by atoms with Crippen molar-refractivity contribution in [2.75, 3.05) is 5.75 Å². The van der Waals surface area contributed by atoms with E-state index in [1.807, 2.05) is 6.20 Å². The van der Waals surface area contributed by atoms with Gasteiger partial charge >= 0.3 is 0 Å². The standard InChI is InChI=1S/C21H31NO2S/c1-21(2,3)25(23,24)17-11-7-5-4-6-8-14-20-19-13-10-9-12-18(19)15-16-22-20/h9-10,12-13,15-16H,4-8,11,14,17H2,1-3H3. The van der Waals surface area contributed by atoms with Gasteiger partial charge in [-0.2, -0.15) is 0 Å². The summed E-state index contributed by atoms with van der Waals surface area (Å²) in [6, 6.07) is 10.5. The lowest BCUT2D eigenvalue weighted by molar-refractivity contribution is 0.551. The number of nitrogens with zero attached hydrogens (tertiary/aromatic N) is 1. The van der Waals surface area contributed by atoms with Crippen molar-refractivity contribution in [2.24, 2.45) is 0 Å². The molecule has 0 saturated carbocycles. The molecule has 0 aliphatic carbocycles. The molecule has 0 aliphatic heterocycles. The number of pyridine rings is 1. The van der Waals surface area contributed by atoms with Crippen molar-refractivity contribution in [3.63, 3.8) is 0 Å². The Bertz CT molecular complexity index is 771. The summed E-state index contributed by atoms with van der Waals surface area (Å²) in [7, 11) is -2.96. The van der Waals surface area contributed by atoms with Gasteiger partial charge in [-0.3, -0.25) is 4.98 Å². The lowest BCUT2D eigenvalue weighted by atomic mass is 10.0. The van der Waals surface area contributed by atoms with Crippen LogP contribution in [0.1, 0.15) is 65.0 Å². The van der Waals surface area contributed by atoms with E-state index in [1.165, 1.54) is 29.3 Å². The number of aromatic nitrogens is 1. The van der Waals surface area contributed by atoms with Gasteiger partial charge in [0.25, 0.3) is 0 Å². The fourth-order valence-electron chi connectivity index (χ4n) is 2.98. The Morgan fingerprint density at radius 3 is 2.24 bits per heavy atom. The number of aryl methyl sites for hydroxylation is 1. The second-order valence-corrected chi connectivity index (χ2v) is 10.6. The van der Waals surface area contributed by atoms with Crippen LogP contribution >= 0.6 is 0 Å². The summed E-state index contributed by atoms with van der Waals surface area (Å²) in [4.78, 5) is 4.54. The maximum Gasteiger partial charge on any atom is 0.155 e. The van der Waals surface area contributed by atoms with Crippen molar-refractivity contribution in [3.8, 4) is 0 Å². The van der Waals surface area contributed by atoms with Crippen molar-refractivity contribution < 1.29 is 8.42 Å². The number of hydrogen-bond acceptors (Lipinski definition) is 3. The second-order valence-electron chi connectivity index (χ2n) is 7.78. The third-order valence-electron chi connectivity index (χ3n) is 4.77.